The van der Waals surface area contributed by atoms with Crippen molar-refractivity contribution in [3.05, 3.63) is 30.3 Å². The summed E-state index contributed by atoms with van der Waals surface area (Å²) in [6.45, 7) is 4.60. The van der Waals surface area contributed by atoms with Crippen molar-refractivity contribution in [1.29, 1.82) is 0 Å². The van der Waals surface area contributed by atoms with Crippen molar-refractivity contribution in [3.8, 4) is 5.75 Å². The molecule has 1 fully saturated rings. The predicted octanol–water partition coefficient (Wildman–Crippen LogP) is 1.67. The van der Waals surface area contributed by atoms with Gasteiger partial charge in [-0.15, -0.1) is 0 Å². The quantitative estimate of drug-likeness (QED) is 0.850. The SMILES string of the molecule is C[C@@H](C(=O)N(C)C)N1CCCN(C(=O)Oc2ccccc2)CC1. The molecule has 1 aromatic carbocycles. The van der Waals surface area contributed by atoms with Gasteiger partial charge in [-0.25, -0.2) is 4.79 Å². The van der Waals surface area contributed by atoms with Gasteiger partial charge in [0.05, 0.1) is 6.04 Å². The molecule has 1 aliphatic heterocycles. The van der Waals surface area contributed by atoms with Gasteiger partial charge in [0.1, 0.15) is 5.75 Å². The number of para-hydroxylation sites is 1. The molecule has 23 heavy (non-hydrogen) atoms. The van der Waals surface area contributed by atoms with Crippen LogP contribution in [-0.2, 0) is 4.79 Å². The van der Waals surface area contributed by atoms with Gasteiger partial charge < -0.3 is 14.5 Å². The van der Waals surface area contributed by atoms with E-state index in [-0.39, 0.29) is 18.0 Å². The number of rotatable bonds is 3. The Morgan fingerprint density at radius 1 is 1.09 bits per heavy atom. The van der Waals surface area contributed by atoms with Crippen molar-refractivity contribution in [1.82, 2.24) is 14.7 Å². The van der Waals surface area contributed by atoms with Gasteiger partial charge in [0.15, 0.2) is 0 Å². The molecule has 0 bridgehead atoms. The van der Waals surface area contributed by atoms with Crippen molar-refractivity contribution >= 4 is 12.0 Å². The lowest BCUT2D eigenvalue weighted by Crippen LogP contribution is -2.46. The van der Waals surface area contributed by atoms with Crippen molar-refractivity contribution < 1.29 is 14.3 Å². The van der Waals surface area contributed by atoms with E-state index in [0.717, 1.165) is 13.0 Å². The van der Waals surface area contributed by atoms with E-state index in [1.165, 1.54) is 0 Å². The van der Waals surface area contributed by atoms with E-state index in [1.807, 2.05) is 25.1 Å². The summed E-state index contributed by atoms with van der Waals surface area (Å²) in [6.07, 6.45) is 0.499. The molecule has 0 saturated carbocycles. The maximum Gasteiger partial charge on any atom is 0.415 e. The fourth-order valence-electron chi connectivity index (χ4n) is 2.69. The van der Waals surface area contributed by atoms with E-state index < -0.39 is 0 Å². The largest absolute Gasteiger partial charge is 0.415 e. The lowest BCUT2D eigenvalue weighted by molar-refractivity contribution is -0.133. The van der Waals surface area contributed by atoms with Crippen LogP contribution in [0.3, 0.4) is 0 Å². The van der Waals surface area contributed by atoms with Gasteiger partial charge in [0.25, 0.3) is 0 Å². The molecule has 1 saturated heterocycles. The second-order valence-electron chi connectivity index (χ2n) is 5.97. The molecule has 1 atom stereocenters. The Hall–Kier alpha value is -2.08. The zero-order chi connectivity index (χ0) is 16.8. The van der Waals surface area contributed by atoms with E-state index >= 15 is 0 Å². The molecule has 0 radical (unpaired) electrons. The highest BCUT2D eigenvalue weighted by molar-refractivity contribution is 5.81. The van der Waals surface area contributed by atoms with Crippen molar-refractivity contribution in [2.24, 2.45) is 0 Å². The number of hydrogen-bond acceptors (Lipinski definition) is 4. The number of ether oxygens (including phenoxy) is 1. The smallest absolute Gasteiger partial charge is 0.410 e. The van der Waals surface area contributed by atoms with Crippen LogP contribution in [0.25, 0.3) is 0 Å². The minimum absolute atomic E-state index is 0.0883. The molecule has 126 valence electrons. The molecule has 0 aliphatic carbocycles. The Kier molecular flexibility index (Phi) is 5.98. The van der Waals surface area contributed by atoms with Crippen molar-refractivity contribution in [2.75, 3.05) is 40.3 Å². The number of amides is 2. The molecule has 0 spiro atoms. The molecular formula is C17H25N3O3. The lowest BCUT2D eigenvalue weighted by Gasteiger charge is -2.28. The van der Waals surface area contributed by atoms with Gasteiger partial charge in [-0.1, -0.05) is 18.2 Å². The van der Waals surface area contributed by atoms with Crippen LogP contribution in [0.1, 0.15) is 13.3 Å². The van der Waals surface area contributed by atoms with Crippen LogP contribution in [0.5, 0.6) is 5.75 Å². The molecule has 1 aliphatic rings. The van der Waals surface area contributed by atoms with Crippen LogP contribution in [0.2, 0.25) is 0 Å². The fraction of sp³-hybridized carbons (Fsp3) is 0.529. The van der Waals surface area contributed by atoms with Gasteiger partial charge in [0, 0.05) is 40.3 Å². The average Bonchev–Trinajstić information content (AvgIpc) is 2.80. The first kappa shape index (κ1) is 17.3. The molecule has 1 heterocycles. The monoisotopic (exact) mass is 319 g/mol. The summed E-state index contributed by atoms with van der Waals surface area (Å²) in [5, 5.41) is 0. The van der Waals surface area contributed by atoms with Gasteiger partial charge in [-0.3, -0.25) is 9.69 Å². The normalized spacial score (nSPS) is 17.3. The second-order valence-corrected chi connectivity index (χ2v) is 5.97. The Morgan fingerprint density at radius 3 is 2.43 bits per heavy atom. The van der Waals surface area contributed by atoms with Gasteiger partial charge in [-0.05, 0) is 25.5 Å². The number of likely N-dealkylation sites (N-methyl/N-ethyl adjacent to an activating group) is 1. The van der Waals surface area contributed by atoms with Crippen LogP contribution in [0.4, 0.5) is 4.79 Å². The Labute approximate surface area is 137 Å². The maximum absolute atomic E-state index is 12.2. The zero-order valence-electron chi connectivity index (χ0n) is 14.1. The topological polar surface area (TPSA) is 53.1 Å². The van der Waals surface area contributed by atoms with Crippen molar-refractivity contribution in [2.45, 2.75) is 19.4 Å². The Bertz CT molecular complexity index is 533. The first-order valence-electron chi connectivity index (χ1n) is 7.96. The summed E-state index contributed by atoms with van der Waals surface area (Å²) in [5.41, 5.74) is 0. The molecule has 0 unspecified atom stereocenters. The average molecular weight is 319 g/mol. The molecule has 1 aromatic rings. The number of benzene rings is 1. The number of nitrogens with zero attached hydrogens (tertiary/aromatic N) is 3. The predicted molar refractivity (Wildman–Crippen MR) is 88.4 cm³/mol. The minimum Gasteiger partial charge on any atom is -0.410 e. The summed E-state index contributed by atoms with van der Waals surface area (Å²) < 4.78 is 5.38. The highest BCUT2D eigenvalue weighted by atomic mass is 16.6. The summed E-state index contributed by atoms with van der Waals surface area (Å²) in [4.78, 5) is 29.8. The maximum atomic E-state index is 12.2. The van der Waals surface area contributed by atoms with E-state index in [0.29, 0.717) is 25.4 Å². The van der Waals surface area contributed by atoms with Gasteiger partial charge >= 0.3 is 6.09 Å². The third-order valence-electron chi connectivity index (χ3n) is 4.08. The van der Waals surface area contributed by atoms with Gasteiger partial charge in [0.2, 0.25) is 5.91 Å². The highest BCUT2D eigenvalue weighted by Gasteiger charge is 2.27. The third kappa shape index (κ3) is 4.69. The summed E-state index contributed by atoms with van der Waals surface area (Å²) in [6, 6.07) is 8.90. The number of carbonyl (C=O) groups is 2. The first-order chi connectivity index (χ1) is 11.0. The molecular weight excluding hydrogens is 294 g/mol. The molecule has 2 rings (SSSR count). The summed E-state index contributed by atoms with van der Waals surface area (Å²) in [7, 11) is 3.53. The second kappa shape index (κ2) is 7.97. The molecule has 6 heteroatoms. The number of carbonyl (C=O) groups excluding carboxylic acids is 2. The van der Waals surface area contributed by atoms with Crippen LogP contribution >= 0.6 is 0 Å². The molecule has 0 N–H and O–H groups in total. The first-order valence-corrected chi connectivity index (χ1v) is 7.96. The van der Waals surface area contributed by atoms with Crippen molar-refractivity contribution in [3.63, 3.8) is 0 Å². The van der Waals surface area contributed by atoms with Crippen LogP contribution in [0.15, 0.2) is 30.3 Å². The van der Waals surface area contributed by atoms with Crippen LogP contribution < -0.4 is 4.74 Å². The lowest BCUT2D eigenvalue weighted by atomic mass is 10.2. The highest BCUT2D eigenvalue weighted by Crippen LogP contribution is 2.13. The van der Waals surface area contributed by atoms with E-state index in [2.05, 4.69) is 4.90 Å². The molecule has 6 nitrogen and oxygen atoms in total. The molecule has 0 aromatic heterocycles. The number of hydrogen-bond donors (Lipinski definition) is 0. The van der Waals surface area contributed by atoms with E-state index in [9.17, 15) is 9.59 Å². The molecule has 2 amide bonds. The van der Waals surface area contributed by atoms with Crippen LogP contribution in [0, 0.1) is 0 Å². The Morgan fingerprint density at radius 2 is 1.78 bits per heavy atom. The third-order valence-corrected chi connectivity index (χ3v) is 4.08. The standard InChI is InChI=1S/C17H25N3O3/c1-14(16(21)18(2)3)19-10-7-11-20(13-12-19)17(22)23-15-8-5-4-6-9-15/h4-6,8-9,14H,7,10-13H2,1-3H3/t14-/m0/s1. The van der Waals surface area contributed by atoms with E-state index in [1.54, 1.807) is 36.0 Å². The van der Waals surface area contributed by atoms with Crippen LogP contribution in [-0.4, -0.2) is 73.0 Å². The minimum atomic E-state index is -0.329. The van der Waals surface area contributed by atoms with E-state index in [4.69, 9.17) is 4.74 Å². The summed E-state index contributed by atoms with van der Waals surface area (Å²) in [5.74, 6) is 0.639. The Balaban J connectivity index is 1.90. The summed E-state index contributed by atoms with van der Waals surface area (Å²) >= 11 is 0. The fourth-order valence-corrected chi connectivity index (χ4v) is 2.69. The van der Waals surface area contributed by atoms with Gasteiger partial charge in [-0.2, -0.15) is 0 Å². The zero-order valence-corrected chi connectivity index (χ0v) is 14.1.